The third-order valence-electron chi connectivity index (χ3n) is 4.40. The van der Waals surface area contributed by atoms with E-state index in [4.69, 9.17) is 0 Å². The fraction of sp³-hybridized carbons (Fsp3) is 0.381. The summed E-state index contributed by atoms with van der Waals surface area (Å²) in [6.45, 7) is 9.62. The monoisotopic (exact) mass is 420 g/mol. The first-order valence-corrected chi connectivity index (χ1v) is 11.7. The number of hydrogen-bond acceptors (Lipinski definition) is 4. The smallest absolute Gasteiger partial charge is 0.241 e. The molecule has 0 heterocycles. The molecule has 0 radical (unpaired) electrons. The molecule has 0 aliphatic rings. The molecule has 0 bridgehead atoms. The summed E-state index contributed by atoms with van der Waals surface area (Å²) < 4.78 is 28.4. The fourth-order valence-electron chi connectivity index (χ4n) is 2.78. The number of sulfonamides is 1. The molecule has 0 spiro atoms. The van der Waals surface area contributed by atoms with Gasteiger partial charge < -0.3 is 5.32 Å². The van der Waals surface area contributed by atoms with E-state index in [0.29, 0.717) is 5.69 Å². The standard InChI is InChI=1S/C21H28N2O3S2/c1-14(16-7-9-17(10-8-16)21(3,4)5)23-28(25,26)18-11-12-20(27-6)19(13-18)22-15(2)24/h7-14,23H,1-6H3,(H,22,24)/t14-/m1/s1. The lowest BCUT2D eigenvalue weighted by molar-refractivity contribution is -0.114. The van der Waals surface area contributed by atoms with Crippen LogP contribution in [0.2, 0.25) is 0 Å². The molecular weight excluding hydrogens is 392 g/mol. The average molecular weight is 421 g/mol. The molecule has 0 aliphatic heterocycles. The minimum atomic E-state index is -3.74. The van der Waals surface area contributed by atoms with Gasteiger partial charge >= 0.3 is 0 Å². The maximum absolute atomic E-state index is 12.8. The first-order chi connectivity index (χ1) is 12.9. The van der Waals surface area contributed by atoms with Crippen molar-refractivity contribution in [1.29, 1.82) is 0 Å². The molecule has 0 fully saturated rings. The van der Waals surface area contributed by atoms with Crippen molar-refractivity contribution in [1.82, 2.24) is 4.72 Å². The molecule has 28 heavy (non-hydrogen) atoms. The Morgan fingerprint density at radius 1 is 1.07 bits per heavy atom. The van der Waals surface area contributed by atoms with Crippen molar-refractivity contribution in [3.8, 4) is 0 Å². The number of benzene rings is 2. The van der Waals surface area contributed by atoms with Gasteiger partial charge in [0, 0.05) is 17.9 Å². The van der Waals surface area contributed by atoms with Crippen LogP contribution in [0.4, 0.5) is 5.69 Å². The van der Waals surface area contributed by atoms with E-state index in [1.165, 1.54) is 30.3 Å². The lowest BCUT2D eigenvalue weighted by Crippen LogP contribution is -2.27. The molecule has 2 rings (SSSR count). The molecule has 1 atom stereocenters. The average Bonchev–Trinajstić information content (AvgIpc) is 2.60. The Bertz CT molecular complexity index is 947. The van der Waals surface area contributed by atoms with Crippen LogP contribution in [0.1, 0.15) is 51.8 Å². The number of rotatable bonds is 6. The maximum atomic E-state index is 12.8. The third-order valence-corrected chi connectivity index (χ3v) is 6.73. The molecule has 0 aliphatic carbocycles. The van der Waals surface area contributed by atoms with E-state index in [9.17, 15) is 13.2 Å². The third kappa shape index (κ3) is 5.59. The van der Waals surface area contributed by atoms with E-state index in [-0.39, 0.29) is 22.3 Å². The number of carbonyl (C=O) groups is 1. The van der Waals surface area contributed by atoms with Gasteiger partial charge in [-0.3, -0.25) is 4.79 Å². The Hall–Kier alpha value is -1.83. The summed E-state index contributed by atoms with van der Waals surface area (Å²) in [6, 6.07) is 12.3. The fourth-order valence-corrected chi connectivity index (χ4v) is 4.57. The molecule has 0 saturated heterocycles. The molecular formula is C21H28N2O3S2. The van der Waals surface area contributed by atoms with Crippen LogP contribution in [0.15, 0.2) is 52.3 Å². The van der Waals surface area contributed by atoms with Gasteiger partial charge in [0.1, 0.15) is 0 Å². The zero-order valence-corrected chi connectivity index (χ0v) is 18.8. The van der Waals surface area contributed by atoms with Gasteiger partial charge in [-0.25, -0.2) is 13.1 Å². The van der Waals surface area contributed by atoms with Crippen LogP contribution in [0.5, 0.6) is 0 Å². The second-order valence-electron chi connectivity index (χ2n) is 7.76. The number of carbonyl (C=O) groups excluding carboxylic acids is 1. The Kier molecular flexibility index (Phi) is 6.96. The number of anilines is 1. The van der Waals surface area contributed by atoms with E-state index in [1.807, 2.05) is 37.4 Å². The highest BCUT2D eigenvalue weighted by molar-refractivity contribution is 7.98. The van der Waals surface area contributed by atoms with E-state index in [1.54, 1.807) is 12.1 Å². The van der Waals surface area contributed by atoms with Crippen LogP contribution >= 0.6 is 11.8 Å². The topological polar surface area (TPSA) is 75.3 Å². The Labute approximate surface area is 172 Å². The van der Waals surface area contributed by atoms with Gasteiger partial charge in [0.15, 0.2) is 0 Å². The zero-order chi connectivity index (χ0) is 21.1. The van der Waals surface area contributed by atoms with Crippen LogP contribution in [-0.2, 0) is 20.2 Å². The van der Waals surface area contributed by atoms with Crippen LogP contribution in [0.25, 0.3) is 0 Å². The van der Waals surface area contributed by atoms with Crippen molar-refractivity contribution in [2.24, 2.45) is 0 Å². The molecule has 7 heteroatoms. The number of amides is 1. The molecule has 2 N–H and O–H groups in total. The van der Waals surface area contributed by atoms with E-state index in [0.717, 1.165) is 10.5 Å². The molecule has 152 valence electrons. The van der Waals surface area contributed by atoms with Crippen LogP contribution in [0.3, 0.4) is 0 Å². The molecule has 1 amide bonds. The lowest BCUT2D eigenvalue weighted by Gasteiger charge is -2.21. The van der Waals surface area contributed by atoms with E-state index >= 15 is 0 Å². The SMILES string of the molecule is CSc1ccc(S(=O)(=O)N[C@H](C)c2ccc(C(C)(C)C)cc2)cc1NC(C)=O. The summed E-state index contributed by atoms with van der Waals surface area (Å²) in [5, 5.41) is 2.69. The van der Waals surface area contributed by atoms with Crippen molar-refractivity contribution in [2.45, 2.75) is 55.9 Å². The second-order valence-corrected chi connectivity index (χ2v) is 10.3. The molecule has 2 aromatic rings. The summed E-state index contributed by atoms with van der Waals surface area (Å²) >= 11 is 1.44. The zero-order valence-electron chi connectivity index (χ0n) is 17.2. The largest absolute Gasteiger partial charge is 0.325 e. The van der Waals surface area contributed by atoms with Crippen LogP contribution in [-0.4, -0.2) is 20.6 Å². The maximum Gasteiger partial charge on any atom is 0.241 e. The molecule has 2 aromatic carbocycles. The van der Waals surface area contributed by atoms with Crippen molar-refractivity contribution in [2.75, 3.05) is 11.6 Å². The van der Waals surface area contributed by atoms with Gasteiger partial charge in [-0.15, -0.1) is 11.8 Å². The lowest BCUT2D eigenvalue weighted by atomic mass is 9.86. The highest BCUT2D eigenvalue weighted by atomic mass is 32.2. The predicted octanol–water partition coefficient (Wildman–Crippen LogP) is 4.70. The van der Waals surface area contributed by atoms with Gasteiger partial charge in [-0.2, -0.15) is 0 Å². The molecule has 5 nitrogen and oxygen atoms in total. The molecule has 0 unspecified atom stereocenters. The van der Waals surface area contributed by atoms with E-state index in [2.05, 4.69) is 30.8 Å². The summed E-state index contributed by atoms with van der Waals surface area (Å²) in [7, 11) is -3.74. The first kappa shape index (κ1) is 22.5. The van der Waals surface area contributed by atoms with Gasteiger partial charge in [-0.05, 0) is 47.9 Å². The summed E-state index contributed by atoms with van der Waals surface area (Å²) in [6.07, 6.45) is 1.87. The van der Waals surface area contributed by atoms with Crippen molar-refractivity contribution in [3.05, 3.63) is 53.6 Å². The quantitative estimate of drug-likeness (QED) is 0.664. The van der Waals surface area contributed by atoms with Crippen molar-refractivity contribution in [3.63, 3.8) is 0 Å². The minimum absolute atomic E-state index is 0.0421. The summed E-state index contributed by atoms with van der Waals surface area (Å²) in [5.74, 6) is -0.245. The van der Waals surface area contributed by atoms with Gasteiger partial charge in [0.2, 0.25) is 15.9 Å². The van der Waals surface area contributed by atoms with Crippen LogP contribution in [0, 0.1) is 0 Å². The predicted molar refractivity (Wildman–Crippen MR) is 116 cm³/mol. The van der Waals surface area contributed by atoms with Gasteiger partial charge in [0.05, 0.1) is 10.6 Å². The summed E-state index contributed by atoms with van der Waals surface area (Å²) in [4.78, 5) is 12.3. The van der Waals surface area contributed by atoms with Crippen LogP contribution < -0.4 is 10.0 Å². The van der Waals surface area contributed by atoms with Gasteiger partial charge in [-0.1, -0.05) is 45.0 Å². The van der Waals surface area contributed by atoms with Crippen molar-refractivity contribution >= 4 is 33.4 Å². The Balaban J connectivity index is 2.26. The Morgan fingerprint density at radius 3 is 2.18 bits per heavy atom. The number of thioether (sulfide) groups is 1. The van der Waals surface area contributed by atoms with Crippen molar-refractivity contribution < 1.29 is 13.2 Å². The normalized spacial score (nSPS) is 13.2. The first-order valence-electron chi connectivity index (χ1n) is 9.02. The number of hydrogen-bond donors (Lipinski definition) is 2. The molecule has 0 aromatic heterocycles. The second kappa shape index (κ2) is 8.68. The van der Waals surface area contributed by atoms with Gasteiger partial charge in [0.25, 0.3) is 0 Å². The summed E-state index contributed by atoms with van der Waals surface area (Å²) in [5.41, 5.74) is 2.61. The highest BCUT2D eigenvalue weighted by Gasteiger charge is 2.21. The van der Waals surface area contributed by atoms with E-state index < -0.39 is 10.0 Å². The number of nitrogens with one attached hydrogen (secondary N) is 2. The Morgan fingerprint density at radius 2 is 1.68 bits per heavy atom. The highest BCUT2D eigenvalue weighted by Crippen LogP contribution is 2.29. The minimum Gasteiger partial charge on any atom is -0.325 e. The molecule has 0 saturated carbocycles.